The number of ether oxygens (including phenoxy) is 4. The van der Waals surface area contributed by atoms with E-state index in [4.69, 9.17) is 18.9 Å². The molecule has 8 heteroatoms. The van der Waals surface area contributed by atoms with Crippen LogP contribution in [-0.4, -0.2) is 40.0 Å². The van der Waals surface area contributed by atoms with Crippen LogP contribution in [-0.2, 0) is 12.8 Å². The smallest absolute Gasteiger partial charge is 0.161 e. The maximum absolute atomic E-state index is 13.6. The molecule has 0 saturated heterocycles. The molecule has 0 spiro atoms. The van der Waals surface area contributed by atoms with E-state index in [0.717, 1.165) is 17.5 Å². The Bertz CT molecular complexity index is 1180. The molecule has 0 saturated carbocycles. The molecule has 7 nitrogen and oxygen atoms in total. The molecule has 4 rings (SSSR count). The van der Waals surface area contributed by atoms with Crippen molar-refractivity contribution < 1.29 is 23.3 Å². The molecule has 1 heterocycles. The highest BCUT2D eigenvalue weighted by molar-refractivity contribution is 5.50. The van der Waals surface area contributed by atoms with Crippen LogP contribution in [0.5, 0.6) is 23.0 Å². The van der Waals surface area contributed by atoms with Crippen molar-refractivity contribution in [2.75, 3.05) is 35.0 Å². The van der Waals surface area contributed by atoms with Crippen LogP contribution in [0.1, 0.15) is 22.7 Å². The van der Waals surface area contributed by atoms with Gasteiger partial charge in [0.05, 0.1) is 40.2 Å². The van der Waals surface area contributed by atoms with Crippen molar-refractivity contribution in [1.82, 2.24) is 5.01 Å². The lowest BCUT2D eigenvalue weighted by Gasteiger charge is -2.35. The molecule has 0 aliphatic carbocycles. The van der Waals surface area contributed by atoms with E-state index in [1.165, 1.54) is 17.7 Å². The number of rotatable bonds is 8. The van der Waals surface area contributed by atoms with Crippen molar-refractivity contribution in [3.63, 3.8) is 0 Å². The number of halogens is 1. The Labute approximate surface area is 198 Å². The van der Waals surface area contributed by atoms with Crippen LogP contribution in [0.4, 0.5) is 10.1 Å². The fraction of sp³-hybridized carbons (Fsp3) is 0.308. The molecule has 0 bridgehead atoms. The Morgan fingerprint density at radius 3 is 2.26 bits per heavy atom. The van der Waals surface area contributed by atoms with Crippen molar-refractivity contribution in [2.24, 2.45) is 10.3 Å². The zero-order chi connectivity index (χ0) is 24.1. The van der Waals surface area contributed by atoms with Crippen LogP contribution < -0.4 is 18.9 Å². The Morgan fingerprint density at radius 1 is 0.853 bits per heavy atom. The summed E-state index contributed by atoms with van der Waals surface area (Å²) in [6.45, 7) is 0.652. The topological polar surface area (TPSA) is 64.9 Å². The van der Waals surface area contributed by atoms with Crippen molar-refractivity contribution in [3.8, 4) is 23.0 Å². The van der Waals surface area contributed by atoms with E-state index in [-0.39, 0.29) is 11.9 Å². The van der Waals surface area contributed by atoms with Gasteiger partial charge in [0.1, 0.15) is 5.82 Å². The molecule has 0 fully saturated rings. The fourth-order valence-electron chi connectivity index (χ4n) is 4.22. The predicted octanol–water partition coefficient (Wildman–Crippen LogP) is 5.70. The molecule has 0 radical (unpaired) electrons. The van der Waals surface area contributed by atoms with E-state index >= 15 is 0 Å². The summed E-state index contributed by atoms with van der Waals surface area (Å²) in [6.07, 6.45) is 1.41. The maximum atomic E-state index is 13.6. The van der Waals surface area contributed by atoms with E-state index in [2.05, 4.69) is 10.3 Å². The van der Waals surface area contributed by atoms with E-state index < -0.39 is 0 Å². The molecule has 3 aromatic rings. The van der Waals surface area contributed by atoms with Gasteiger partial charge < -0.3 is 18.9 Å². The molecule has 34 heavy (non-hydrogen) atoms. The van der Waals surface area contributed by atoms with Gasteiger partial charge in [0.25, 0.3) is 0 Å². The quantitative estimate of drug-likeness (QED) is 0.399. The van der Waals surface area contributed by atoms with E-state index in [0.29, 0.717) is 41.7 Å². The van der Waals surface area contributed by atoms with Crippen LogP contribution in [0.25, 0.3) is 0 Å². The number of fused-ring (bicyclic) bond motifs is 1. The monoisotopic (exact) mass is 465 g/mol. The highest BCUT2D eigenvalue weighted by Gasteiger charge is 2.29. The molecular weight excluding hydrogens is 437 g/mol. The predicted molar refractivity (Wildman–Crippen MR) is 127 cm³/mol. The zero-order valence-corrected chi connectivity index (χ0v) is 19.7. The summed E-state index contributed by atoms with van der Waals surface area (Å²) in [7, 11) is 6.49. The van der Waals surface area contributed by atoms with E-state index in [9.17, 15) is 4.39 Å². The standard InChI is InChI=1S/C26H28FN3O4/c1-31-23-9-8-17(13-24(23)32-2)12-22-21-16-26(34-4)25(33-3)14-18(21)10-11-30(22)29-28-20-7-5-6-19(27)15-20/h5-9,13-16,22H,10-12H2,1-4H3. The third-order valence-electron chi connectivity index (χ3n) is 5.93. The van der Waals surface area contributed by atoms with Gasteiger partial charge in [-0.2, -0.15) is 0 Å². The van der Waals surface area contributed by atoms with Gasteiger partial charge in [-0.25, -0.2) is 4.39 Å². The van der Waals surface area contributed by atoms with Crippen molar-refractivity contribution >= 4 is 5.69 Å². The van der Waals surface area contributed by atoms with Gasteiger partial charge in [-0.05, 0) is 65.9 Å². The average molecular weight is 466 g/mol. The van der Waals surface area contributed by atoms with Gasteiger partial charge in [0, 0.05) is 12.6 Å². The highest BCUT2D eigenvalue weighted by Crippen LogP contribution is 2.40. The van der Waals surface area contributed by atoms with Gasteiger partial charge >= 0.3 is 0 Å². The first-order valence-corrected chi connectivity index (χ1v) is 11.0. The summed E-state index contributed by atoms with van der Waals surface area (Å²) in [4.78, 5) is 0. The lowest BCUT2D eigenvalue weighted by Crippen LogP contribution is -2.32. The second kappa shape index (κ2) is 10.4. The summed E-state index contributed by atoms with van der Waals surface area (Å²) in [5, 5.41) is 10.8. The minimum Gasteiger partial charge on any atom is -0.493 e. The maximum Gasteiger partial charge on any atom is 0.161 e. The highest BCUT2D eigenvalue weighted by atomic mass is 19.1. The summed E-state index contributed by atoms with van der Waals surface area (Å²) in [5.41, 5.74) is 3.76. The van der Waals surface area contributed by atoms with E-state index in [1.807, 2.05) is 35.3 Å². The molecule has 0 N–H and O–H groups in total. The number of benzene rings is 3. The third-order valence-corrected chi connectivity index (χ3v) is 5.93. The van der Waals surface area contributed by atoms with Gasteiger partial charge in [-0.1, -0.05) is 17.4 Å². The third kappa shape index (κ3) is 4.90. The molecule has 1 aliphatic rings. The molecule has 3 aromatic carbocycles. The number of nitrogens with zero attached hydrogens (tertiary/aromatic N) is 3. The van der Waals surface area contributed by atoms with Crippen LogP contribution >= 0.6 is 0 Å². The number of hydrogen-bond acceptors (Lipinski definition) is 6. The largest absolute Gasteiger partial charge is 0.493 e. The Balaban J connectivity index is 1.73. The molecule has 1 atom stereocenters. The number of hydrogen-bond donors (Lipinski definition) is 0. The van der Waals surface area contributed by atoms with Crippen molar-refractivity contribution in [3.05, 3.63) is 77.1 Å². The lowest BCUT2D eigenvalue weighted by molar-refractivity contribution is 0.177. The van der Waals surface area contributed by atoms with Crippen molar-refractivity contribution in [2.45, 2.75) is 18.9 Å². The van der Waals surface area contributed by atoms with Gasteiger partial charge in [-0.15, -0.1) is 5.11 Å². The number of methoxy groups -OCH3 is 4. The molecule has 0 aromatic heterocycles. The average Bonchev–Trinajstić information content (AvgIpc) is 2.87. The van der Waals surface area contributed by atoms with Crippen LogP contribution in [0.3, 0.4) is 0 Å². The van der Waals surface area contributed by atoms with Gasteiger partial charge in [-0.3, -0.25) is 5.01 Å². The Kier molecular flexibility index (Phi) is 7.15. The van der Waals surface area contributed by atoms with Crippen LogP contribution in [0.15, 0.2) is 64.9 Å². The second-order valence-corrected chi connectivity index (χ2v) is 7.90. The molecular formula is C26H28FN3O4. The Morgan fingerprint density at radius 2 is 1.56 bits per heavy atom. The zero-order valence-electron chi connectivity index (χ0n) is 19.7. The normalized spacial score (nSPS) is 15.2. The van der Waals surface area contributed by atoms with Crippen molar-refractivity contribution in [1.29, 1.82) is 0 Å². The molecule has 178 valence electrons. The molecule has 1 aliphatic heterocycles. The first-order chi connectivity index (χ1) is 16.6. The van der Waals surface area contributed by atoms with Gasteiger partial charge in [0.2, 0.25) is 0 Å². The minimum absolute atomic E-state index is 0.126. The minimum atomic E-state index is -0.348. The first kappa shape index (κ1) is 23.4. The summed E-state index contributed by atoms with van der Waals surface area (Å²) >= 11 is 0. The fourth-order valence-corrected chi connectivity index (χ4v) is 4.22. The summed E-state index contributed by atoms with van der Waals surface area (Å²) < 4.78 is 35.6. The summed E-state index contributed by atoms with van der Waals surface area (Å²) in [5.74, 6) is 2.34. The van der Waals surface area contributed by atoms with E-state index in [1.54, 1.807) is 40.6 Å². The van der Waals surface area contributed by atoms with Crippen LogP contribution in [0.2, 0.25) is 0 Å². The molecule has 0 amide bonds. The molecule has 1 unspecified atom stereocenters. The summed E-state index contributed by atoms with van der Waals surface area (Å²) in [6, 6.07) is 15.9. The Hall–Kier alpha value is -3.81. The van der Waals surface area contributed by atoms with Crippen LogP contribution in [0, 0.1) is 5.82 Å². The first-order valence-electron chi connectivity index (χ1n) is 11.0. The second-order valence-electron chi connectivity index (χ2n) is 7.90. The van der Waals surface area contributed by atoms with Gasteiger partial charge in [0.15, 0.2) is 23.0 Å². The lowest BCUT2D eigenvalue weighted by atomic mass is 9.89. The SMILES string of the molecule is COc1ccc(CC2c3cc(OC)c(OC)cc3CCN2N=Nc2cccc(F)c2)cc1OC.